The van der Waals surface area contributed by atoms with Gasteiger partial charge in [0.15, 0.2) is 0 Å². The van der Waals surface area contributed by atoms with Crippen molar-refractivity contribution in [1.29, 1.82) is 0 Å². The van der Waals surface area contributed by atoms with E-state index in [1.807, 2.05) is 0 Å². The number of ether oxygens (including phenoxy) is 1. The van der Waals surface area contributed by atoms with Gasteiger partial charge in [-0.2, -0.15) is 0 Å². The van der Waals surface area contributed by atoms with Crippen LogP contribution in [0.2, 0.25) is 5.02 Å². The molecule has 0 aliphatic carbocycles. The number of rotatable bonds is 7. The molecule has 118 valence electrons. The SMILES string of the molecule is Oc1ccc(Cl)cc1CNCC(O)COc1ccc(F)cc1. The highest BCUT2D eigenvalue weighted by Crippen LogP contribution is 2.21. The smallest absolute Gasteiger partial charge is 0.123 e. The van der Waals surface area contributed by atoms with Crippen molar-refractivity contribution in [3.8, 4) is 11.5 Å². The van der Waals surface area contributed by atoms with E-state index in [-0.39, 0.29) is 24.7 Å². The Balaban J connectivity index is 1.72. The van der Waals surface area contributed by atoms with E-state index in [1.165, 1.54) is 30.3 Å². The van der Waals surface area contributed by atoms with Crippen LogP contribution in [0.3, 0.4) is 0 Å². The molecule has 22 heavy (non-hydrogen) atoms. The summed E-state index contributed by atoms with van der Waals surface area (Å²) in [6.45, 7) is 0.743. The second-order valence-electron chi connectivity index (χ2n) is 4.82. The topological polar surface area (TPSA) is 61.7 Å². The first-order valence-electron chi connectivity index (χ1n) is 6.79. The molecular formula is C16H17ClFNO3. The molecular weight excluding hydrogens is 309 g/mol. The molecule has 0 saturated heterocycles. The van der Waals surface area contributed by atoms with E-state index in [4.69, 9.17) is 16.3 Å². The first-order valence-corrected chi connectivity index (χ1v) is 7.17. The fraction of sp³-hybridized carbons (Fsp3) is 0.250. The normalized spacial score (nSPS) is 12.1. The third-order valence-electron chi connectivity index (χ3n) is 2.99. The van der Waals surface area contributed by atoms with E-state index in [1.54, 1.807) is 12.1 Å². The van der Waals surface area contributed by atoms with Gasteiger partial charge in [-0.1, -0.05) is 11.6 Å². The minimum atomic E-state index is -0.730. The van der Waals surface area contributed by atoms with Crippen molar-refractivity contribution in [2.45, 2.75) is 12.6 Å². The minimum Gasteiger partial charge on any atom is -0.508 e. The maximum atomic E-state index is 12.7. The second kappa shape index (κ2) is 7.98. The third-order valence-corrected chi connectivity index (χ3v) is 3.23. The summed E-state index contributed by atoms with van der Waals surface area (Å²) in [6.07, 6.45) is -0.730. The summed E-state index contributed by atoms with van der Waals surface area (Å²) in [5, 5.41) is 23.0. The van der Waals surface area contributed by atoms with Crippen LogP contribution in [0.15, 0.2) is 42.5 Å². The Bertz CT molecular complexity index is 607. The number of phenols is 1. The molecule has 0 aliphatic heterocycles. The van der Waals surface area contributed by atoms with Crippen LogP contribution in [0, 0.1) is 5.82 Å². The van der Waals surface area contributed by atoms with E-state index in [0.29, 0.717) is 22.9 Å². The number of nitrogens with one attached hydrogen (secondary N) is 1. The zero-order valence-corrected chi connectivity index (χ0v) is 12.6. The van der Waals surface area contributed by atoms with Gasteiger partial charge in [0, 0.05) is 23.7 Å². The van der Waals surface area contributed by atoms with Crippen LogP contribution in [0.1, 0.15) is 5.56 Å². The Labute approximate surface area is 133 Å². The van der Waals surface area contributed by atoms with Gasteiger partial charge in [0.05, 0.1) is 0 Å². The molecule has 0 spiro atoms. The van der Waals surface area contributed by atoms with Gasteiger partial charge in [0.2, 0.25) is 0 Å². The van der Waals surface area contributed by atoms with E-state index in [0.717, 1.165) is 0 Å². The van der Waals surface area contributed by atoms with Crippen molar-refractivity contribution in [2.24, 2.45) is 0 Å². The molecule has 0 bridgehead atoms. The molecule has 3 N–H and O–H groups in total. The molecule has 6 heteroatoms. The largest absolute Gasteiger partial charge is 0.508 e. The van der Waals surface area contributed by atoms with Crippen LogP contribution >= 0.6 is 11.6 Å². The molecule has 2 aromatic carbocycles. The molecule has 1 unspecified atom stereocenters. The highest BCUT2D eigenvalue weighted by Gasteiger charge is 2.07. The van der Waals surface area contributed by atoms with Crippen LogP contribution < -0.4 is 10.1 Å². The van der Waals surface area contributed by atoms with Gasteiger partial charge in [-0.05, 0) is 42.5 Å². The van der Waals surface area contributed by atoms with Gasteiger partial charge in [0.25, 0.3) is 0 Å². The van der Waals surface area contributed by atoms with E-state index in [9.17, 15) is 14.6 Å². The molecule has 0 radical (unpaired) electrons. The fourth-order valence-corrected chi connectivity index (χ4v) is 2.05. The Morgan fingerprint density at radius 3 is 2.64 bits per heavy atom. The van der Waals surface area contributed by atoms with Crippen molar-refractivity contribution >= 4 is 11.6 Å². The molecule has 2 rings (SSSR count). The number of halogens is 2. The summed E-state index contributed by atoms with van der Waals surface area (Å²) >= 11 is 5.85. The monoisotopic (exact) mass is 325 g/mol. The minimum absolute atomic E-state index is 0.0835. The predicted molar refractivity (Wildman–Crippen MR) is 82.7 cm³/mol. The highest BCUT2D eigenvalue weighted by molar-refractivity contribution is 6.30. The average molecular weight is 326 g/mol. The van der Waals surface area contributed by atoms with Crippen LogP contribution in [0.25, 0.3) is 0 Å². The standard InChI is InChI=1S/C16H17ClFNO3/c17-12-1-6-16(21)11(7-12)8-19-9-14(20)10-22-15-4-2-13(18)3-5-15/h1-7,14,19-21H,8-10H2. The molecule has 0 aromatic heterocycles. The number of aliphatic hydroxyl groups is 1. The number of hydrogen-bond acceptors (Lipinski definition) is 4. The number of phenolic OH excluding ortho intramolecular Hbond substituents is 1. The number of benzene rings is 2. The molecule has 0 aliphatic rings. The van der Waals surface area contributed by atoms with Gasteiger partial charge < -0.3 is 20.3 Å². The molecule has 4 nitrogen and oxygen atoms in total. The Kier molecular flexibility index (Phi) is 6.00. The Morgan fingerprint density at radius 2 is 1.91 bits per heavy atom. The maximum absolute atomic E-state index is 12.7. The Morgan fingerprint density at radius 1 is 1.18 bits per heavy atom. The molecule has 0 fully saturated rings. The number of aromatic hydroxyl groups is 1. The molecule has 1 atom stereocenters. The first-order chi connectivity index (χ1) is 10.5. The summed E-state index contributed by atoms with van der Waals surface area (Å²) < 4.78 is 18.1. The van der Waals surface area contributed by atoms with Crippen molar-refractivity contribution in [3.63, 3.8) is 0 Å². The number of aliphatic hydroxyl groups excluding tert-OH is 1. The lowest BCUT2D eigenvalue weighted by molar-refractivity contribution is 0.106. The van der Waals surface area contributed by atoms with Crippen LogP contribution in [0.5, 0.6) is 11.5 Å². The van der Waals surface area contributed by atoms with Gasteiger partial charge >= 0.3 is 0 Å². The lowest BCUT2D eigenvalue weighted by atomic mass is 10.2. The lowest BCUT2D eigenvalue weighted by Gasteiger charge is -2.14. The van der Waals surface area contributed by atoms with Crippen LogP contribution in [-0.4, -0.2) is 29.5 Å². The van der Waals surface area contributed by atoms with Gasteiger partial charge in [-0.15, -0.1) is 0 Å². The first kappa shape index (κ1) is 16.5. The summed E-state index contributed by atoms with van der Waals surface area (Å²) in [5.41, 5.74) is 0.652. The molecule has 0 saturated carbocycles. The van der Waals surface area contributed by atoms with Crippen molar-refractivity contribution in [1.82, 2.24) is 5.32 Å². The summed E-state index contributed by atoms with van der Waals surface area (Å²) in [6, 6.07) is 10.4. The van der Waals surface area contributed by atoms with Crippen LogP contribution in [-0.2, 0) is 6.54 Å². The summed E-state index contributed by atoms with van der Waals surface area (Å²) in [4.78, 5) is 0. The molecule has 0 amide bonds. The quantitative estimate of drug-likeness (QED) is 0.732. The van der Waals surface area contributed by atoms with E-state index < -0.39 is 6.10 Å². The fourth-order valence-electron chi connectivity index (χ4n) is 1.85. The van der Waals surface area contributed by atoms with Crippen molar-refractivity contribution in [2.75, 3.05) is 13.2 Å². The van der Waals surface area contributed by atoms with Gasteiger partial charge in [-0.25, -0.2) is 4.39 Å². The lowest BCUT2D eigenvalue weighted by Crippen LogP contribution is -2.31. The van der Waals surface area contributed by atoms with Gasteiger partial charge in [0.1, 0.15) is 30.0 Å². The summed E-state index contributed by atoms with van der Waals surface area (Å²) in [7, 11) is 0. The zero-order chi connectivity index (χ0) is 15.9. The molecule has 2 aromatic rings. The maximum Gasteiger partial charge on any atom is 0.123 e. The van der Waals surface area contributed by atoms with Crippen molar-refractivity contribution in [3.05, 3.63) is 58.9 Å². The Hall–Kier alpha value is -1.82. The predicted octanol–water partition coefficient (Wildman–Crippen LogP) is 2.71. The third kappa shape index (κ3) is 5.18. The average Bonchev–Trinajstić information content (AvgIpc) is 2.50. The van der Waals surface area contributed by atoms with E-state index in [2.05, 4.69) is 5.32 Å². The van der Waals surface area contributed by atoms with Crippen LogP contribution in [0.4, 0.5) is 4.39 Å². The highest BCUT2D eigenvalue weighted by atomic mass is 35.5. The number of hydrogen-bond donors (Lipinski definition) is 3. The summed E-state index contributed by atoms with van der Waals surface area (Å²) in [5.74, 6) is 0.304. The van der Waals surface area contributed by atoms with E-state index >= 15 is 0 Å². The molecule has 0 heterocycles. The van der Waals surface area contributed by atoms with Gasteiger partial charge in [-0.3, -0.25) is 0 Å². The zero-order valence-electron chi connectivity index (χ0n) is 11.8. The second-order valence-corrected chi connectivity index (χ2v) is 5.26. The van der Waals surface area contributed by atoms with Crippen molar-refractivity contribution < 1.29 is 19.3 Å².